The molecule has 0 spiro atoms. The lowest BCUT2D eigenvalue weighted by atomic mass is 9.82. The van der Waals surface area contributed by atoms with E-state index in [4.69, 9.17) is 10.7 Å². The lowest BCUT2D eigenvalue weighted by Crippen LogP contribution is -2.18. The van der Waals surface area contributed by atoms with Gasteiger partial charge in [0.25, 0.3) is 9.05 Å². The summed E-state index contributed by atoms with van der Waals surface area (Å²) < 4.78 is 22.8. The maximum absolute atomic E-state index is 11.4. The summed E-state index contributed by atoms with van der Waals surface area (Å²) in [5.41, 5.74) is 0.598. The fraction of sp³-hybridized carbons (Fsp3) is 0.455. The summed E-state index contributed by atoms with van der Waals surface area (Å²) in [5, 5.41) is 0. The van der Waals surface area contributed by atoms with Crippen LogP contribution in [0.1, 0.15) is 32.8 Å². The summed E-state index contributed by atoms with van der Waals surface area (Å²) in [4.78, 5) is 0.221. The van der Waals surface area contributed by atoms with Crippen LogP contribution < -0.4 is 0 Å². The molecule has 0 N–H and O–H groups in total. The molecule has 0 fully saturated rings. The maximum atomic E-state index is 11.4. The molecule has 0 bridgehead atoms. The van der Waals surface area contributed by atoms with Crippen LogP contribution in [-0.2, 0) is 14.5 Å². The molecule has 1 rings (SSSR count). The molecule has 0 aliphatic rings. The van der Waals surface area contributed by atoms with Crippen LogP contribution in [0.5, 0.6) is 0 Å². The Balaban J connectivity index is 3.44. The van der Waals surface area contributed by atoms with E-state index >= 15 is 0 Å². The second kappa shape index (κ2) is 4.14. The Kier molecular flexibility index (Phi) is 3.46. The van der Waals surface area contributed by atoms with E-state index in [1.165, 1.54) is 0 Å². The van der Waals surface area contributed by atoms with E-state index in [9.17, 15) is 8.42 Å². The maximum Gasteiger partial charge on any atom is 0.261 e. The monoisotopic (exact) mass is 246 g/mol. The molecule has 1 aromatic rings. The molecule has 0 unspecified atom stereocenters. The Bertz CT molecular complexity index is 449. The van der Waals surface area contributed by atoms with E-state index in [0.717, 1.165) is 12.0 Å². The van der Waals surface area contributed by atoms with Crippen molar-refractivity contribution in [3.05, 3.63) is 29.8 Å². The molecule has 0 aliphatic carbocycles. The van der Waals surface area contributed by atoms with Crippen molar-refractivity contribution in [2.45, 2.75) is 37.5 Å². The quantitative estimate of drug-likeness (QED) is 0.767. The molecule has 0 amide bonds. The molecule has 0 saturated carbocycles. The molecule has 0 aliphatic heterocycles. The van der Waals surface area contributed by atoms with Crippen molar-refractivity contribution < 1.29 is 8.42 Å². The van der Waals surface area contributed by atoms with Gasteiger partial charge in [0.1, 0.15) is 0 Å². The summed E-state index contributed by atoms with van der Waals surface area (Å²) in [7, 11) is 1.74. The highest BCUT2D eigenvalue weighted by molar-refractivity contribution is 8.13. The fourth-order valence-corrected chi connectivity index (χ4v) is 2.68. The number of benzene rings is 1. The van der Waals surface area contributed by atoms with Crippen molar-refractivity contribution in [2.24, 2.45) is 0 Å². The molecular formula is C11H15ClO2S. The Morgan fingerprint density at radius 2 is 1.80 bits per heavy atom. The van der Waals surface area contributed by atoms with Gasteiger partial charge in [-0.2, -0.15) is 0 Å². The third-order valence-corrected chi connectivity index (χ3v) is 4.14. The second-order valence-electron chi connectivity index (χ2n) is 4.17. The first-order chi connectivity index (χ1) is 6.79. The van der Waals surface area contributed by atoms with Gasteiger partial charge in [-0.3, -0.25) is 0 Å². The second-order valence-corrected chi connectivity index (χ2v) is 6.71. The number of hydrogen-bond donors (Lipinski definition) is 0. The van der Waals surface area contributed by atoms with Crippen LogP contribution >= 0.6 is 10.7 Å². The topological polar surface area (TPSA) is 34.1 Å². The molecule has 84 valence electrons. The third-order valence-electron chi connectivity index (χ3n) is 2.76. The normalized spacial score (nSPS) is 12.8. The average Bonchev–Trinajstić information content (AvgIpc) is 2.16. The van der Waals surface area contributed by atoms with Gasteiger partial charge in [-0.1, -0.05) is 39.0 Å². The van der Waals surface area contributed by atoms with Gasteiger partial charge in [0.15, 0.2) is 0 Å². The lowest BCUT2D eigenvalue weighted by Gasteiger charge is -2.25. The standard InChI is InChI=1S/C11H15ClO2S/c1-4-11(2,3)9-7-5-6-8-10(9)15(12,13)14/h5-8H,4H2,1-3H3. The zero-order valence-corrected chi connectivity index (χ0v) is 10.7. The van der Waals surface area contributed by atoms with Crippen LogP contribution in [-0.4, -0.2) is 8.42 Å². The predicted octanol–water partition coefficient (Wildman–Crippen LogP) is 3.30. The van der Waals surface area contributed by atoms with E-state index in [2.05, 4.69) is 0 Å². The van der Waals surface area contributed by atoms with Crippen molar-refractivity contribution in [3.8, 4) is 0 Å². The molecule has 15 heavy (non-hydrogen) atoms. The van der Waals surface area contributed by atoms with Gasteiger partial charge in [-0.15, -0.1) is 0 Å². The third kappa shape index (κ3) is 2.73. The number of rotatable bonds is 3. The van der Waals surface area contributed by atoms with Crippen LogP contribution in [0, 0.1) is 0 Å². The van der Waals surface area contributed by atoms with Gasteiger partial charge in [-0.25, -0.2) is 8.42 Å². The van der Waals surface area contributed by atoms with Crippen LogP contribution in [0.3, 0.4) is 0 Å². The van der Waals surface area contributed by atoms with E-state index < -0.39 is 9.05 Å². The van der Waals surface area contributed by atoms with Gasteiger partial charge in [-0.05, 0) is 23.5 Å². The van der Waals surface area contributed by atoms with Crippen molar-refractivity contribution in [1.29, 1.82) is 0 Å². The van der Waals surface area contributed by atoms with E-state index in [1.54, 1.807) is 12.1 Å². The van der Waals surface area contributed by atoms with Gasteiger partial charge in [0.2, 0.25) is 0 Å². The first kappa shape index (κ1) is 12.5. The molecule has 4 heteroatoms. The minimum absolute atomic E-state index is 0.182. The van der Waals surface area contributed by atoms with Gasteiger partial charge in [0.05, 0.1) is 4.90 Å². The smallest absolute Gasteiger partial charge is 0.207 e. The lowest BCUT2D eigenvalue weighted by molar-refractivity contribution is 0.494. The predicted molar refractivity (Wildman–Crippen MR) is 62.8 cm³/mol. The molecule has 0 heterocycles. The van der Waals surface area contributed by atoms with Crippen LogP contribution in [0.25, 0.3) is 0 Å². The van der Waals surface area contributed by atoms with Gasteiger partial charge < -0.3 is 0 Å². The summed E-state index contributed by atoms with van der Waals surface area (Å²) in [6.07, 6.45) is 0.858. The fourth-order valence-electron chi connectivity index (χ4n) is 1.43. The molecule has 0 atom stereocenters. The van der Waals surface area contributed by atoms with E-state index in [1.807, 2.05) is 32.9 Å². The Morgan fingerprint density at radius 3 is 2.27 bits per heavy atom. The van der Waals surface area contributed by atoms with Crippen molar-refractivity contribution >= 4 is 19.7 Å². The van der Waals surface area contributed by atoms with Crippen LogP contribution in [0.4, 0.5) is 0 Å². The Labute approximate surface area is 95.7 Å². The largest absolute Gasteiger partial charge is 0.261 e. The van der Waals surface area contributed by atoms with E-state index in [0.29, 0.717) is 0 Å². The first-order valence-corrected chi connectivity index (χ1v) is 7.14. The highest BCUT2D eigenvalue weighted by Crippen LogP contribution is 2.33. The molecule has 0 aromatic heterocycles. The van der Waals surface area contributed by atoms with Crippen molar-refractivity contribution in [2.75, 3.05) is 0 Å². The molecule has 0 saturated heterocycles. The molecule has 1 aromatic carbocycles. The van der Waals surface area contributed by atoms with Crippen LogP contribution in [0.2, 0.25) is 0 Å². The van der Waals surface area contributed by atoms with Crippen molar-refractivity contribution in [3.63, 3.8) is 0 Å². The molecule has 0 radical (unpaired) electrons. The molecule has 2 nitrogen and oxygen atoms in total. The summed E-state index contributed by atoms with van der Waals surface area (Å²) in [6, 6.07) is 6.89. The summed E-state index contributed by atoms with van der Waals surface area (Å²) in [5.74, 6) is 0. The minimum Gasteiger partial charge on any atom is -0.207 e. The highest BCUT2D eigenvalue weighted by Gasteiger charge is 2.25. The zero-order valence-electron chi connectivity index (χ0n) is 9.12. The minimum atomic E-state index is -3.65. The van der Waals surface area contributed by atoms with Gasteiger partial charge in [0, 0.05) is 10.7 Å². The van der Waals surface area contributed by atoms with Crippen LogP contribution in [0.15, 0.2) is 29.2 Å². The van der Waals surface area contributed by atoms with Gasteiger partial charge >= 0.3 is 0 Å². The number of halogens is 1. The summed E-state index contributed by atoms with van der Waals surface area (Å²) >= 11 is 0. The first-order valence-electron chi connectivity index (χ1n) is 4.83. The Morgan fingerprint density at radius 1 is 1.27 bits per heavy atom. The SMILES string of the molecule is CCC(C)(C)c1ccccc1S(=O)(=O)Cl. The van der Waals surface area contributed by atoms with Crippen molar-refractivity contribution in [1.82, 2.24) is 0 Å². The number of hydrogen-bond acceptors (Lipinski definition) is 2. The Hall–Kier alpha value is -0.540. The highest BCUT2D eigenvalue weighted by atomic mass is 35.7. The zero-order chi connectivity index (χ0) is 11.7. The summed E-state index contributed by atoms with van der Waals surface area (Å²) in [6.45, 7) is 6.04. The van der Waals surface area contributed by atoms with E-state index in [-0.39, 0.29) is 10.3 Å². The average molecular weight is 247 g/mol. The molecular weight excluding hydrogens is 232 g/mol.